The number of nitrogens with one attached hydrogen (secondary N) is 2. The lowest BCUT2D eigenvalue weighted by Crippen LogP contribution is -2.60. The Kier molecular flexibility index (Phi) is 6.80. The monoisotopic (exact) mass is 537 g/mol. The molecule has 8 nitrogen and oxygen atoms in total. The maximum absolute atomic E-state index is 13.9. The Hall–Kier alpha value is -3.82. The van der Waals surface area contributed by atoms with Crippen molar-refractivity contribution in [3.05, 3.63) is 41.7 Å². The molecule has 202 valence electrons. The topological polar surface area (TPSA) is 115 Å². The summed E-state index contributed by atoms with van der Waals surface area (Å²) < 4.78 is 66.4. The molecule has 1 aliphatic carbocycles. The molecule has 13 heteroatoms. The predicted molar refractivity (Wildman–Crippen MR) is 123 cm³/mol. The van der Waals surface area contributed by atoms with Gasteiger partial charge in [0.2, 0.25) is 11.8 Å². The van der Waals surface area contributed by atoms with Gasteiger partial charge in [0.25, 0.3) is 0 Å². The van der Waals surface area contributed by atoms with E-state index in [9.17, 15) is 41.6 Å². The van der Waals surface area contributed by atoms with Crippen LogP contribution in [0.3, 0.4) is 0 Å². The molecule has 1 unspecified atom stereocenters. The first-order chi connectivity index (χ1) is 17.6. The van der Waals surface area contributed by atoms with Crippen LogP contribution in [0.2, 0.25) is 0 Å². The highest BCUT2D eigenvalue weighted by molar-refractivity contribution is 5.95. The standard InChI is InChI=1S/C25H24F5N5O3/c1-24(2,3)20(34-23(38)25(28,29)30)22(37)35-10-12-4-14(12)19(35)21(36)33-18(7-31)15-9-32-8-11-5-16(26)17(27)6-13(11)15/h5-6,8-9,12,14,18-20H,4,10H2,1-3H3,(H,33,36)(H,34,38)/t12-,14?,18+,19-,20+/m0/s1. The van der Waals surface area contributed by atoms with Crippen LogP contribution in [-0.4, -0.2) is 52.4 Å². The van der Waals surface area contributed by atoms with Gasteiger partial charge in [-0.05, 0) is 41.2 Å². The number of nitriles is 1. The van der Waals surface area contributed by atoms with Crippen LogP contribution < -0.4 is 10.6 Å². The van der Waals surface area contributed by atoms with Crippen LogP contribution in [0.25, 0.3) is 10.8 Å². The van der Waals surface area contributed by atoms with Gasteiger partial charge in [0.1, 0.15) is 18.1 Å². The fraction of sp³-hybridized carbons (Fsp3) is 0.480. The van der Waals surface area contributed by atoms with Crippen LogP contribution in [0.15, 0.2) is 24.5 Å². The van der Waals surface area contributed by atoms with Crippen molar-refractivity contribution in [2.45, 2.75) is 51.5 Å². The zero-order chi connectivity index (χ0) is 28.2. The van der Waals surface area contributed by atoms with E-state index in [1.165, 1.54) is 33.2 Å². The molecule has 2 fully saturated rings. The van der Waals surface area contributed by atoms with E-state index in [0.717, 1.165) is 17.0 Å². The highest BCUT2D eigenvalue weighted by Crippen LogP contribution is 2.50. The number of likely N-dealkylation sites (tertiary alicyclic amines) is 1. The average molecular weight is 537 g/mol. The number of halogens is 5. The molecule has 38 heavy (non-hydrogen) atoms. The van der Waals surface area contributed by atoms with Gasteiger partial charge in [-0.25, -0.2) is 8.78 Å². The Bertz CT molecular complexity index is 1350. The molecule has 0 radical (unpaired) electrons. The summed E-state index contributed by atoms with van der Waals surface area (Å²) in [7, 11) is 0. The summed E-state index contributed by atoms with van der Waals surface area (Å²) in [6.07, 6.45) is -2.10. The molecule has 5 atom stereocenters. The molecule has 1 saturated heterocycles. The van der Waals surface area contributed by atoms with Crippen LogP contribution in [0.1, 0.15) is 38.8 Å². The lowest BCUT2D eigenvalue weighted by Gasteiger charge is -2.36. The van der Waals surface area contributed by atoms with Crippen molar-refractivity contribution < 1.29 is 36.3 Å². The van der Waals surface area contributed by atoms with Crippen molar-refractivity contribution in [2.75, 3.05) is 6.54 Å². The second kappa shape index (κ2) is 9.49. The Labute approximate surface area is 214 Å². The Morgan fingerprint density at radius 3 is 2.37 bits per heavy atom. The maximum Gasteiger partial charge on any atom is 0.471 e. The molecule has 3 amide bonds. The van der Waals surface area contributed by atoms with Crippen LogP contribution in [0.4, 0.5) is 22.0 Å². The first kappa shape index (κ1) is 27.2. The molecule has 2 N–H and O–H groups in total. The van der Waals surface area contributed by atoms with Gasteiger partial charge in [-0.1, -0.05) is 20.8 Å². The molecule has 1 aromatic carbocycles. The largest absolute Gasteiger partial charge is 0.471 e. The SMILES string of the molecule is CC(C)(C)[C@H](NC(=O)C(F)(F)F)C(=O)N1C[C@@H]2CC2[C@H]1C(=O)N[C@H](C#N)c1cncc2cc(F)c(F)cc12. The summed E-state index contributed by atoms with van der Waals surface area (Å²) in [5.41, 5.74) is -1.01. The molecular weight excluding hydrogens is 513 g/mol. The lowest BCUT2D eigenvalue weighted by molar-refractivity contribution is -0.176. The first-order valence-corrected chi connectivity index (χ1v) is 11.7. The summed E-state index contributed by atoms with van der Waals surface area (Å²) in [4.78, 5) is 43.5. The van der Waals surface area contributed by atoms with Gasteiger partial charge >= 0.3 is 12.1 Å². The molecule has 0 spiro atoms. The number of rotatable bonds is 5. The zero-order valence-electron chi connectivity index (χ0n) is 20.6. The van der Waals surface area contributed by atoms with Crippen LogP contribution >= 0.6 is 0 Å². The normalized spacial score (nSPS) is 22.3. The smallest absolute Gasteiger partial charge is 0.336 e. The number of carbonyl (C=O) groups is 3. The minimum Gasteiger partial charge on any atom is -0.336 e. The van der Waals surface area contributed by atoms with Gasteiger partial charge in [0.15, 0.2) is 11.6 Å². The summed E-state index contributed by atoms with van der Waals surface area (Å²) in [6, 6.07) is -0.326. The second-order valence-corrected chi connectivity index (χ2v) is 10.7. The van der Waals surface area contributed by atoms with E-state index in [0.29, 0.717) is 6.42 Å². The number of aromatic nitrogens is 1. The van der Waals surface area contributed by atoms with Crippen LogP contribution in [0.5, 0.6) is 0 Å². The third-order valence-electron chi connectivity index (χ3n) is 6.90. The number of piperidine rings is 1. The highest BCUT2D eigenvalue weighted by atomic mass is 19.4. The minimum absolute atomic E-state index is 0.0505. The quantitative estimate of drug-likeness (QED) is 0.569. The van der Waals surface area contributed by atoms with E-state index in [4.69, 9.17) is 0 Å². The summed E-state index contributed by atoms with van der Waals surface area (Å²) >= 11 is 0. The number of nitrogens with zero attached hydrogens (tertiary/aromatic N) is 3. The molecule has 0 bridgehead atoms. The zero-order valence-corrected chi connectivity index (χ0v) is 20.6. The van der Waals surface area contributed by atoms with Gasteiger partial charge < -0.3 is 15.5 Å². The fourth-order valence-electron chi connectivity index (χ4n) is 4.88. The summed E-state index contributed by atoms with van der Waals surface area (Å²) in [6.45, 7) is 4.56. The van der Waals surface area contributed by atoms with Crippen LogP contribution in [0, 0.1) is 40.2 Å². The lowest BCUT2D eigenvalue weighted by atomic mass is 9.85. The number of fused-ring (bicyclic) bond motifs is 2. The molecule has 2 aliphatic rings. The highest BCUT2D eigenvalue weighted by Gasteiger charge is 2.58. The van der Waals surface area contributed by atoms with E-state index in [-0.39, 0.29) is 34.7 Å². The second-order valence-electron chi connectivity index (χ2n) is 10.7. The van der Waals surface area contributed by atoms with Gasteiger partial charge in [0, 0.05) is 29.9 Å². The third kappa shape index (κ3) is 5.12. The summed E-state index contributed by atoms with van der Waals surface area (Å²) in [5.74, 6) is -6.44. The number of pyridine rings is 1. The van der Waals surface area contributed by atoms with Gasteiger partial charge in [-0.15, -0.1) is 0 Å². The van der Waals surface area contributed by atoms with E-state index >= 15 is 0 Å². The van der Waals surface area contributed by atoms with E-state index in [2.05, 4.69) is 10.3 Å². The molecule has 4 rings (SSSR count). The van der Waals surface area contributed by atoms with E-state index < -0.39 is 59.1 Å². The van der Waals surface area contributed by atoms with Crippen molar-refractivity contribution in [1.29, 1.82) is 5.26 Å². The average Bonchev–Trinajstić information content (AvgIpc) is 3.48. The fourth-order valence-corrected chi connectivity index (χ4v) is 4.88. The van der Waals surface area contributed by atoms with Crippen molar-refractivity contribution in [1.82, 2.24) is 20.5 Å². The molecular formula is C25H24F5N5O3. The maximum atomic E-state index is 13.9. The summed E-state index contributed by atoms with van der Waals surface area (Å²) in [5, 5.41) is 14.4. The Morgan fingerprint density at radius 1 is 1.11 bits per heavy atom. The van der Waals surface area contributed by atoms with Crippen molar-refractivity contribution in [3.63, 3.8) is 0 Å². The number of carbonyl (C=O) groups excluding carboxylic acids is 3. The molecule has 2 heterocycles. The first-order valence-electron chi connectivity index (χ1n) is 11.7. The third-order valence-corrected chi connectivity index (χ3v) is 6.90. The number of hydrogen-bond acceptors (Lipinski definition) is 5. The van der Waals surface area contributed by atoms with Crippen molar-refractivity contribution in [3.8, 4) is 6.07 Å². The Balaban J connectivity index is 1.60. The van der Waals surface area contributed by atoms with E-state index in [1.807, 2.05) is 6.07 Å². The molecule has 1 aromatic heterocycles. The molecule has 2 aromatic rings. The van der Waals surface area contributed by atoms with E-state index in [1.54, 1.807) is 5.32 Å². The molecule has 1 saturated carbocycles. The number of alkyl halides is 3. The van der Waals surface area contributed by atoms with Crippen LogP contribution in [-0.2, 0) is 14.4 Å². The minimum atomic E-state index is -5.21. The van der Waals surface area contributed by atoms with Gasteiger partial charge in [0.05, 0.1) is 6.07 Å². The van der Waals surface area contributed by atoms with Gasteiger partial charge in [-0.2, -0.15) is 18.4 Å². The number of amides is 3. The number of benzene rings is 1. The number of hydrogen-bond donors (Lipinski definition) is 2. The molecule has 1 aliphatic heterocycles. The van der Waals surface area contributed by atoms with Crippen molar-refractivity contribution >= 4 is 28.5 Å². The predicted octanol–water partition coefficient (Wildman–Crippen LogP) is 3.13. The van der Waals surface area contributed by atoms with Gasteiger partial charge in [-0.3, -0.25) is 19.4 Å². The van der Waals surface area contributed by atoms with Crippen molar-refractivity contribution in [2.24, 2.45) is 17.3 Å². The Morgan fingerprint density at radius 2 is 1.76 bits per heavy atom.